The van der Waals surface area contributed by atoms with E-state index in [1.807, 2.05) is 37.6 Å². The Bertz CT molecular complexity index is 1190. The second-order valence-corrected chi connectivity index (χ2v) is 7.27. The van der Waals surface area contributed by atoms with Crippen molar-refractivity contribution < 1.29 is 13.6 Å². The highest BCUT2D eigenvalue weighted by Gasteiger charge is 2.22. The Labute approximate surface area is 168 Å². The van der Waals surface area contributed by atoms with E-state index in [0.717, 1.165) is 27.7 Å². The molecule has 0 saturated carbocycles. The Balaban J connectivity index is 1.62. The maximum Gasteiger partial charge on any atom is 0.225 e. The predicted octanol–water partition coefficient (Wildman–Crippen LogP) is 4.37. The molecule has 2 aromatic carbocycles. The molecule has 0 aliphatic rings. The van der Waals surface area contributed by atoms with Crippen LogP contribution in [-0.2, 0) is 18.3 Å². The van der Waals surface area contributed by atoms with Gasteiger partial charge in [-0.15, -0.1) is 0 Å². The Morgan fingerprint density at radius 2 is 2.10 bits per heavy atom. The molecule has 0 aliphatic carbocycles. The quantitative estimate of drug-likeness (QED) is 0.550. The fourth-order valence-electron chi connectivity index (χ4n) is 3.55. The van der Waals surface area contributed by atoms with E-state index in [4.69, 9.17) is 4.42 Å². The molecule has 0 spiro atoms. The van der Waals surface area contributed by atoms with Crippen LogP contribution >= 0.6 is 0 Å². The molecule has 4 rings (SSSR count). The number of benzene rings is 2. The van der Waals surface area contributed by atoms with Gasteiger partial charge in [-0.2, -0.15) is 0 Å². The first-order chi connectivity index (χ1) is 13.9. The molecule has 1 atom stereocenters. The summed E-state index contributed by atoms with van der Waals surface area (Å²) in [5, 5.41) is 3.94. The van der Waals surface area contributed by atoms with Gasteiger partial charge >= 0.3 is 0 Å². The van der Waals surface area contributed by atoms with Gasteiger partial charge < -0.3 is 14.3 Å². The van der Waals surface area contributed by atoms with Crippen LogP contribution in [0.15, 0.2) is 59.5 Å². The molecule has 0 radical (unpaired) electrons. The van der Waals surface area contributed by atoms with Crippen LogP contribution < -0.4 is 5.32 Å². The molecule has 2 heterocycles. The minimum Gasteiger partial charge on any atom is -0.464 e. The topological polar surface area (TPSA) is 60.1 Å². The van der Waals surface area contributed by atoms with Gasteiger partial charge in [0.15, 0.2) is 0 Å². The number of rotatable bonds is 5. The summed E-state index contributed by atoms with van der Waals surface area (Å²) >= 11 is 0. The zero-order valence-electron chi connectivity index (χ0n) is 16.6. The first-order valence-corrected chi connectivity index (χ1v) is 9.42. The number of nitrogens with one attached hydrogen (secondary N) is 1. The summed E-state index contributed by atoms with van der Waals surface area (Å²) in [4.78, 5) is 17.2. The number of furan rings is 1. The van der Waals surface area contributed by atoms with E-state index in [1.54, 1.807) is 30.8 Å². The third kappa shape index (κ3) is 3.66. The van der Waals surface area contributed by atoms with Crippen molar-refractivity contribution in [3.63, 3.8) is 0 Å². The Kier molecular flexibility index (Phi) is 4.92. The number of hydrogen-bond acceptors (Lipinski definition) is 3. The summed E-state index contributed by atoms with van der Waals surface area (Å²) in [6.07, 6.45) is 5.24. The van der Waals surface area contributed by atoms with E-state index in [2.05, 4.69) is 10.3 Å². The van der Waals surface area contributed by atoms with E-state index in [0.29, 0.717) is 11.4 Å². The number of fused-ring (bicyclic) bond motifs is 1. The molecule has 1 N–H and O–H groups in total. The Morgan fingerprint density at radius 3 is 2.83 bits per heavy atom. The molecular formula is C23H22FN3O2. The Morgan fingerprint density at radius 1 is 1.28 bits per heavy atom. The summed E-state index contributed by atoms with van der Waals surface area (Å²) in [7, 11) is 1.84. The number of carbonyl (C=O) groups is 1. The van der Waals surface area contributed by atoms with Crippen molar-refractivity contribution in [2.75, 3.05) is 0 Å². The van der Waals surface area contributed by atoms with Crippen LogP contribution in [-0.4, -0.2) is 15.5 Å². The van der Waals surface area contributed by atoms with E-state index >= 15 is 0 Å². The lowest BCUT2D eigenvalue weighted by atomic mass is 10.0. The molecule has 0 aliphatic heterocycles. The van der Waals surface area contributed by atoms with Crippen molar-refractivity contribution in [2.24, 2.45) is 7.05 Å². The lowest BCUT2D eigenvalue weighted by Gasteiger charge is -2.19. The number of aromatic nitrogens is 2. The van der Waals surface area contributed by atoms with Gasteiger partial charge in [0.25, 0.3) is 0 Å². The first kappa shape index (κ1) is 18.9. The number of nitrogens with zero attached hydrogens (tertiary/aromatic N) is 2. The number of halogens is 1. The van der Waals surface area contributed by atoms with Gasteiger partial charge in [0, 0.05) is 30.4 Å². The van der Waals surface area contributed by atoms with E-state index in [-0.39, 0.29) is 18.1 Å². The largest absolute Gasteiger partial charge is 0.464 e. The standard InChI is InChI=1S/C23H22FN3O2/c1-14-7-8-19-17(13-29-22(19)15(14)2)12-20(28)26-21(23-25-9-10-27(23)3)16-5-4-6-18(24)11-16/h4-11,13,21H,12H2,1-3H3,(H,26,28)/t21-/m1/s1. The molecule has 0 unspecified atom stereocenters. The normalized spacial score (nSPS) is 12.3. The van der Waals surface area contributed by atoms with Crippen molar-refractivity contribution in [2.45, 2.75) is 26.3 Å². The molecule has 0 saturated heterocycles. The number of imidazole rings is 1. The van der Waals surface area contributed by atoms with Crippen LogP contribution in [0.1, 0.15) is 34.1 Å². The molecule has 6 heteroatoms. The van der Waals surface area contributed by atoms with Crippen molar-refractivity contribution in [3.8, 4) is 0 Å². The van der Waals surface area contributed by atoms with Crippen LogP contribution in [0.25, 0.3) is 11.0 Å². The highest BCUT2D eigenvalue weighted by molar-refractivity contribution is 5.89. The van der Waals surface area contributed by atoms with Gasteiger partial charge in [0.05, 0.1) is 12.7 Å². The lowest BCUT2D eigenvalue weighted by Crippen LogP contribution is -2.32. The van der Waals surface area contributed by atoms with Crippen LogP contribution in [0.3, 0.4) is 0 Å². The van der Waals surface area contributed by atoms with Crippen LogP contribution in [0.5, 0.6) is 0 Å². The van der Waals surface area contributed by atoms with Gasteiger partial charge in [-0.25, -0.2) is 9.37 Å². The van der Waals surface area contributed by atoms with Crippen LogP contribution in [0, 0.1) is 19.7 Å². The van der Waals surface area contributed by atoms with Gasteiger partial charge in [-0.1, -0.05) is 24.3 Å². The minimum atomic E-state index is -0.555. The van der Waals surface area contributed by atoms with Crippen molar-refractivity contribution in [1.29, 1.82) is 0 Å². The fraction of sp³-hybridized carbons (Fsp3) is 0.217. The van der Waals surface area contributed by atoms with Gasteiger partial charge in [-0.05, 0) is 42.7 Å². The summed E-state index contributed by atoms with van der Waals surface area (Å²) < 4.78 is 21.3. The summed E-state index contributed by atoms with van der Waals surface area (Å²) in [5.41, 5.74) is 4.47. The zero-order chi connectivity index (χ0) is 20.5. The third-order valence-corrected chi connectivity index (χ3v) is 5.30. The number of aryl methyl sites for hydroxylation is 3. The molecule has 2 aromatic heterocycles. The van der Waals surface area contributed by atoms with Crippen molar-refractivity contribution >= 4 is 16.9 Å². The molecule has 0 fully saturated rings. The van der Waals surface area contributed by atoms with E-state index in [9.17, 15) is 9.18 Å². The van der Waals surface area contributed by atoms with Gasteiger partial charge in [0.1, 0.15) is 23.3 Å². The molecule has 4 aromatic rings. The number of hydrogen-bond donors (Lipinski definition) is 1. The fourth-order valence-corrected chi connectivity index (χ4v) is 3.55. The second-order valence-electron chi connectivity index (χ2n) is 7.27. The maximum atomic E-state index is 13.8. The second kappa shape index (κ2) is 7.54. The van der Waals surface area contributed by atoms with Gasteiger partial charge in [0.2, 0.25) is 5.91 Å². The highest BCUT2D eigenvalue weighted by atomic mass is 19.1. The Hall–Kier alpha value is -3.41. The van der Waals surface area contributed by atoms with Gasteiger partial charge in [-0.3, -0.25) is 4.79 Å². The predicted molar refractivity (Wildman–Crippen MR) is 109 cm³/mol. The lowest BCUT2D eigenvalue weighted by molar-refractivity contribution is -0.121. The average Bonchev–Trinajstić information content (AvgIpc) is 3.29. The summed E-state index contributed by atoms with van der Waals surface area (Å²) in [6, 6.07) is 9.65. The molecular weight excluding hydrogens is 369 g/mol. The van der Waals surface area contributed by atoms with Crippen LogP contribution in [0.2, 0.25) is 0 Å². The average molecular weight is 391 g/mol. The van der Waals surface area contributed by atoms with E-state index < -0.39 is 6.04 Å². The first-order valence-electron chi connectivity index (χ1n) is 9.42. The zero-order valence-corrected chi connectivity index (χ0v) is 16.6. The molecule has 5 nitrogen and oxygen atoms in total. The monoisotopic (exact) mass is 391 g/mol. The summed E-state index contributed by atoms with van der Waals surface area (Å²) in [6.45, 7) is 4.03. The van der Waals surface area contributed by atoms with Crippen molar-refractivity contribution in [3.05, 3.63) is 89.0 Å². The summed E-state index contributed by atoms with van der Waals surface area (Å²) in [5.74, 6) is 0.0818. The van der Waals surface area contributed by atoms with E-state index in [1.165, 1.54) is 12.1 Å². The number of carbonyl (C=O) groups excluding carboxylic acids is 1. The maximum absolute atomic E-state index is 13.8. The molecule has 0 bridgehead atoms. The molecule has 29 heavy (non-hydrogen) atoms. The minimum absolute atomic E-state index is 0.158. The third-order valence-electron chi connectivity index (χ3n) is 5.30. The molecule has 1 amide bonds. The highest BCUT2D eigenvalue weighted by Crippen LogP contribution is 2.27. The molecule has 148 valence electrons. The number of amides is 1. The SMILES string of the molecule is Cc1ccc2c(CC(=O)N[C@H](c3cccc(F)c3)c3nccn3C)coc2c1C. The van der Waals surface area contributed by atoms with Crippen molar-refractivity contribution in [1.82, 2.24) is 14.9 Å². The van der Waals surface area contributed by atoms with Crippen LogP contribution in [0.4, 0.5) is 4.39 Å². The smallest absolute Gasteiger partial charge is 0.225 e.